The van der Waals surface area contributed by atoms with Crippen LogP contribution in [0.5, 0.6) is 0 Å². The Balaban J connectivity index is 3.92. The van der Waals surface area contributed by atoms with Crippen LogP contribution in [0.15, 0.2) is 0 Å². The molecule has 0 aromatic carbocycles. The summed E-state index contributed by atoms with van der Waals surface area (Å²) in [6, 6.07) is 0. The summed E-state index contributed by atoms with van der Waals surface area (Å²) in [5.74, 6) is -0.635. The van der Waals surface area contributed by atoms with E-state index in [0.29, 0.717) is 0 Å². The molecule has 0 aliphatic carbocycles. The van der Waals surface area contributed by atoms with Crippen molar-refractivity contribution in [3.05, 3.63) is 0 Å². The van der Waals surface area contributed by atoms with Crippen molar-refractivity contribution in [1.29, 1.82) is 0 Å². The van der Waals surface area contributed by atoms with Crippen LogP contribution in [-0.2, 0) is 23.5 Å². The first kappa shape index (κ1) is 12.6. The molecule has 0 heterocycles. The second kappa shape index (κ2) is 4.21. The molecule has 0 amide bonds. The minimum absolute atomic E-state index is 0.539. The number of carbonyl (C=O) groups is 1. The van der Waals surface area contributed by atoms with Crippen molar-refractivity contribution in [2.24, 2.45) is 0 Å². The van der Waals surface area contributed by atoms with E-state index in [1.165, 1.54) is 0 Å². The molecule has 0 bridgehead atoms. The molecule has 0 saturated carbocycles. The minimum atomic E-state index is -3.56. The lowest BCUT2D eigenvalue weighted by molar-refractivity contribution is -0.137. The zero-order chi connectivity index (χ0) is 10.7. The molecular formula is C6H14O5SSi. The van der Waals surface area contributed by atoms with Crippen LogP contribution in [0.2, 0.25) is 19.6 Å². The van der Waals surface area contributed by atoms with E-state index in [1.54, 1.807) is 0 Å². The van der Waals surface area contributed by atoms with Gasteiger partial charge in [-0.05, 0) is 19.6 Å². The normalized spacial score (nSPS) is 12.6. The number of carbonyl (C=O) groups excluding carboxylic acids is 1. The Labute approximate surface area is 79.3 Å². The second-order valence-corrected chi connectivity index (χ2v) is 9.63. The van der Waals surface area contributed by atoms with Crippen LogP contribution in [0.25, 0.3) is 0 Å². The summed E-state index contributed by atoms with van der Waals surface area (Å²) in [5.41, 5.74) is 0. The fraction of sp³-hybridized carbons (Fsp3) is 0.833. The van der Waals surface area contributed by atoms with Gasteiger partial charge in [0.05, 0.1) is 6.26 Å². The summed E-state index contributed by atoms with van der Waals surface area (Å²) in [4.78, 5) is 10.9. The highest BCUT2D eigenvalue weighted by Crippen LogP contribution is 2.03. The highest BCUT2D eigenvalue weighted by atomic mass is 32.2. The Bertz CT molecular complexity index is 276. The van der Waals surface area contributed by atoms with E-state index in [9.17, 15) is 13.2 Å². The molecule has 0 fully saturated rings. The molecule has 5 nitrogen and oxygen atoms in total. The number of hydrogen-bond acceptors (Lipinski definition) is 5. The lowest BCUT2D eigenvalue weighted by Gasteiger charge is -2.16. The van der Waals surface area contributed by atoms with Crippen molar-refractivity contribution in [2.75, 3.05) is 12.9 Å². The molecule has 78 valence electrons. The highest BCUT2D eigenvalue weighted by Gasteiger charge is 2.20. The van der Waals surface area contributed by atoms with Gasteiger partial charge in [-0.25, -0.2) is 0 Å². The molecule has 0 rings (SSSR count). The van der Waals surface area contributed by atoms with Gasteiger partial charge in [0.1, 0.15) is 0 Å². The van der Waals surface area contributed by atoms with Gasteiger partial charge in [0.15, 0.2) is 6.61 Å². The predicted molar refractivity (Wildman–Crippen MR) is 50.2 cm³/mol. The lowest BCUT2D eigenvalue weighted by Crippen LogP contribution is -2.31. The van der Waals surface area contributed by atoms with Gasteiger partial charge < -0.3 is 4.43 Å². The highest BCUT2D eigenvalue weighted by molar-refractivity contribution is 7.86. The van der Waals surface area contributed by atoms with E-state index in [2.05, 4.69) is 4.18 Å². The maximum atomic E-state index is 10.9. The first-order chi connectivity index (χ1) is 5.60. The molecule has 7 heteroatoms. The third kappa shape index (κ3) is 9.51. The predicted octanol–water partition coefficient (Wildman–Crippen LogP) is 0.341. The summed E-state index contributed by atoms with van der Waals surface area (Å²) in [7, 11) is -5.50. The van der Waals surface area contributed by atoms with Gasteiger partial charge in [0, 0.05) is 0 Å². The van der Waals surface area contributed by atoms with Crippen LogP contribution >= 0.6 is 0 Å². The Morgan fingerprint density at radius 1 is 1.31 bits per heavy atom. The van der Waals surface area contributed by atoms with E-state index in [4.69, 9.17) is 4.43 Å². The molecule has 0 saturated heterocycles. The molecule has 0 radical (unpaired) electrons. The van der Waals surface area contributed by atoms with Crippen LogP contribution in [0, 0.1) is 0 Å². The second-order valence-electron chi connectivity index (χ2n) is 3.55. The molecule has 0 unspecified atom stereocenters. The van der Waals surface area contributed by atoms with Gasteiger partial charge in [0.25, 0.3) is 10.1 Å². The molecule has 0 aliphatic heterocycles. The largest absolute Gasteiger partial charge is 0.518 e. The van der Waals surface area contributed by atoms with Crippen LogP contribution in [-0.4, -0.2) is 35.6 Å². The van der Waals surface area contributed by atoms with E-state index in [1.807, 2.05) is 19.6 Å². The summed E-state index contributed by atoms with van der Waals surface area (Å²) in [5, 5.41) is 0. The Morgan fingerprint density at radius 2 is 1.77 bits per heavy atom. The van der Waals surface area contributed by atoms with Gasteiger partial charge in [-0.15, -0.1) is 0 Å². The summed E-state index contributed by atoms with van der Waals surface area (Å²) in [6.07, 6.45) is 0.884. The lowest BCUT2D eigenvalue weighted by atomic mass is 10.8. The van der Waals surface area contributed by atoms with Crippen LogP contribution in [0.1, 0.15) is 0 Å². The third-order valence-corrected chi connectivity index (χ3v) is 2.20. The van der Waals surface area contributed by atoms with Gasteiger partial charge >= 0.3 is 5.97 Å². The Kier molecular flexibility index (Phi) is 4.08. The first-order valence-corrected chi connectivity index (χ1v) is 8.89. The smallest absolute Gasteiger partial charge is 0.320 e. The average Bonchev–Trinajstić information content (AvgIpc) is 1.78. The van der Waals surface area contributed by atoms with Gasteiger partial charge in [0.2, 0.25) is 8.32 Å². The first-order valence-electron chi connectivity index (χ1n) is 3.66. The molecule has 0 atom stereocenters. The maximum absolute atomic E-state index is 10.9. The number of rotatable bonds is 4. The van der Waals surface area contributed by atoms with Crippen LogP contribution in [0.3, 0.4) is 0 Å². The molecule has 0 N–H and O–H groups in total. The van der Waals surface area contributed by atoms with Crippen LogP contribution < -0.4 is 0 Å². The molecule has 0 aromatic rings. The van der Waals surface area contributed by atoms with Crippen molar-refractivity contribution >= 4 is 24.4 Å². The average molecular weight is 226 g/mol. The monoisotopic (exact) mass is 226 g/mol. The van der Waals surface area contributed by atoms with Crippen molar-refractivity contribution in [2.45, 2.75) is 19.6 Å². The van der Waals surface area contributed by atoms with Crippen molar-refractivity contribution in [1.82, 2.24) is 0 Å². The van der Waals surface area contributed by atoms with Crippen molar-refractivity contribution in [3.63, 3.8) is 0 Å². The van der Waals surface area contributed by atoms with E-state index >= 15 is 0 Å². The van der Waals surface area contributed by atoms with Crippen molar-refractivity contribution in [3.8, 4) is 0 Å². The fourth-order valence-corrected chi connectivity index (χ4v) is 1.58. The van der Waals surface area contributed by atoms with Gasteiger partial charge in [-0.3, -0.25) is 8.98 Å². The van der Waals surface area contributed by atoms with E-state index in [0.717, 1.165) is 6.26 Å². The number of hydrogen-bond donors (Lipinski definition) is 0. The molecule has 0 aliphatic rings. The zero-order valence-electron chi connectivity index (χ0n) is 8.16. The Hall–Kier alpha value is -0.403. The summed E-state index contributed by atoms with van der Waals surface area (Å²) in [6.45, 7) is 4.94. The van der Waals surface area contributed by atoms with E-state index in [-0.39, 0.29) is 0 Å². The van der Waals surface area contributed by atoms with Crippen molar-refractivity contribution < 1.29 is 21.8 Å². The maximum Gasteiger partial charge on any atom is 0.320 e. The van der Waals surface area contributed by atoms with Gasteiger partial charge in [-0.2, -0.15) is 8.42 Å². The molecule has 0 aromatic heterocycles. The zero-order valence-corrected chi connectivity index (χ0v) is 9.97. The SMILES string of the molecule is C[Si](C)(C)OC(=O)COS(C)(=O)=O. The quantitative estimate of drug-likeness (QED) is 0.511. The summed E-state index contributed by atoms with van der Waals surface area (Å²) < 4.78 is 30.2. The van der Waals surface area contributed by atoms with Gasteiger partial charge in [-0.1, -0.05) is 0 Å². The van der Waals surface area contributed by atoms with Crippen LogP contribution in [0.4, 0.5) is 0 Å². The molecule has 0 spiro atoms. The minimum Gasteiger partial charge on any atom is -0.518 e. The third-order valence-electron chi connectivity index (χ3n) is 0.811. The standard InChI is InChI=1S/C6H14O5SSi/c1-12(8,9)10-5-6(7)11-13(2,3)4/h5H2,1-4H3. The van der Waals surface area contributed by atoms with E-state index < -0.39 is 31.0 Å². The Morgan fingerprint density at radius 3 is 2.08 bits per heavy atom. The topological polar surface area (TPSA) is 69.7 Å². The summed E-state index contributed by atoms with van der Waals surface area (Å²) >= 11 is 0. The fourth-order valence-electron chi connectivity index (χ4n) is 0.526. The molecular weight excluding hydrogens is 212 g/mol. The molecule has 13 heavy (non-hydrogen) atoms.